The number of nitrogens with zero attached hydrogens (tertiary/aromatic N) is 1. The van der Waals surface area contributed by atoms with Crippen molar-refractivity contribution in [2.75, 3.05) is 18.9 Å². The molecule has 4 nitrogen and oxygen atoms in total. The van der Waals surface area contributed by atoms with Crippen molar-refractivity contribution in [3.8, 4) is 0 Å². The van der Waals surface area contributed by atoms with Crippen LogP contribution >= 0.6 is 23.2 Å². The molecule has 6 heteroatoms. The van der Waals surface area contributed by atoms with Crippen molar-refractivity contribution in [2.45, 2.75) is 45.6 Å². The van der Waals surface area contributed by atoms with Gasteiger partial charge in [0.25, 0.3) is 5.91 Å². The quantitative estimate of drug-likeness (QED) is 0.704. The zero-order chi connectivity index (χ0) is 19.1. The summed E-state index contributed by atoms with van der Waals surface area (Å²) in [6, 6.07) is 3.41. The molecule has 0 radical (unpaired) electrons. The number of fused-ring (bicyclic) bond motifs is 3. The molecule has 1 N–H and O–H groups in total. The zero-order valence-corrected chi connectivity index (χ0v) is 17.1. The van der Waals surface area contributed by atoms with E-state index in [4.69, 9.17) is 23.2 Å². The van der Waals surface area contributed by atoms with Crippen LogP contribution in [0.5, 0.6) is 0 Å². The summed E-state index contributed by atoms with van der Waals surface area (Å²) in [7, 11) is 1.93. The van der Waals surface area contributed by atoms with Gasteiger partial charge in [0.05, 0.1) is 5.41 Å². The van der Waals surface area contributed by atoms with Crippen LogP contribution in [0.1, 0.15) is 45.6 Å². The van der Waals surface area contributed by atoms with Crippen molar-refractivity contribution < 1.29 is 9.59 Å². The Labute approximate surface area is 164 Å². The van der Waals surface area contributed by atoms with Gasteiger partial charge in [-0.2, -0.15) is 0 Å². The summed E-state index contributed by atoms with van der Waals surface area (Å²) >= 11 is 12.8. The molecule has 3 atom stereocenters. The van der Waals surface area contributed by atoms with Crippen molar-refractivity contribution >= 4 is 40.6 Å². The van der Waals surface area contributed by atoms with E-state index in [1.165, 1.54) is 0 Å². The summed E-state index contributed by atoms with van der Waals surface area (Å²) in [5, 5.41) is 3.90. The first-order chi connectivity index (χ1) is 12.1. The van der Waals surface area contributed by atoms with E-state index in [0.29, 0.717) is 46.6 Å². The summed E-state index contributed by atoms with van der Waals surface area (Å²) < 4.78 is 0. The van der Waals surface area contributed by atoms with Crippen LogP contribution in [0.25, 0.3) is 0 Å². The van der Waals surface area contributed by atoms with E-state index in [9.17, 15) is 9.59 Å². The van der Waals surface area contributed by atoms with Gasteiger partial charge in [-0.3, -0.25) is 14.5 Å². The number of carbonyl (C=O) groups is 2. The van der Waals surface area contributed by atoms with Gasteiger partial charge in [-0.25, -0.2) is 0 Å². The molecule has 1 saturated carbocycles. The van der Waals surface area contributed by atoms with E-state index in [-0.39, 0.29) is 17.1 Å². The number of carbonyl (C=O) groups excluding carboxylic acids is 2. The molecule has 2 spiro atoms. The lowest BCUT2D eigenvalue weighted by atomic mass is 9.50. The fourth-order valence-electron chi connectivity index (χ4n) is 6.09. The van der Waals surface area contributed by atoms with Crippen LogP contribution in [0.3, 0.4) is 0 Å². The minimum absolute atomic E-state index is 0.160. The molecular formula is C20H24Cl2N2O2. The highest BCUT2D eigenvalue weighted by Crippen LogP contribution is 2.68. The van der Waals surface area contributed by atoms with Gasteiger partial charge in [-0.15, -0.1) is 0 Å². The molecule has 1 amide bonds. The van der Waals surface area contributed by atoms with Gasteiger partial charge in [0.2, 0.25) is 0 Å². The van der Waals surface area contributed by atoms with Crippen LogP contribution in [-0.4, -0.2) is 30.2 Å². The monoisotopic (exact) mass is 394 g/mol. The molecule has 2 unspecified atom stereocenters. The van der Waals surface area contributed by atoms with Gasteiger partial charge >= 0.3 is 0 Å². The summed E-state index contributed by atoms with van der Waals surface area (Å²) in [4.78, 5) is 29.2. The number of Topliss-reactive ketones (excluding diaryl/α,β-unsaturated/α-hetero) is 1. The van der Waals surface area contributed by atoms with Crippen LogP contribution in [0.2, 0.25) is 10.0 Å². The average molecular weight is 395 g/mol. The van der Waals surface area contributed by atoms with Gasteiger partial charge in [0.1, 0.15) is 11.3 Å². The molecule has 0 aromatic heterocycles. The predicted molar refractivity (Wildman–Crippen MR) is 104 cm³/mol. The Hall–Kier alpha value is -1.10. The predicted octanol–water partition coefficient (Wildman–Crippen LogP) is 4.49. The number of rotatable bonds is 0. The Morgan fingerprint density at radius 2 is 1.92 bits per heavy atom. The molecule has 1 aromatic rings. The minimum atomic E-state index is -1.08. The molecule has 1 saturated heterocycles. The number of ketones is 1. The van der Waals surface area contributed by atoms with Crippen molar-refractivity contribution in [1.82, 2.24) is 4.90 Å². The standard InChI is InChI=1S/C20H24Cl2N2O2/c1-11-5-6-19(15(25)7-11)18(2,3)10-24(4)20(19)16-13(22)8-12(21)9-14(16)23-17(20)26/h8-9,11H,5-7,10H2,1-4H3,(H,23,26)/t11-,19?,20?/m0/s1. The first kappa shape index (κ1) is 18.3. The van der Waals surface area contributed by atoms with Crippen molar-refractivity contribution in [2.24, 2.45) is 16.7 Å². The van der Waals surface area contributed by atoms with E-state index >= 15 is 0 Å². The van der Waals surface area contributed by atoms with Crippen LogP contribution in [-0.2, 0) is 15.1 Å². The summed E-state index contributed by atoms with van der Waals surface area (Å²) in [6.45, 7) is 6.99. The molecule has 2 aliphatic heterocycles. The van der Waals surface area contributed by atoms with Gasteiger partial charge in [-0.1, -0.05) is 44.0 Å². The van der Waals surface area contributed by atoms with Crippen LogP contribution in [0.15, 0.2) is 12.1 Å². The van der Waals surface area contributed by atoms with Gasteiger partial charge in [0.15, 0.2) is 0 Å². The molecule has 26 heavy (non-hydrogen) atoms. The SMILES string of the molecule is C[C@H]1CCC2(C(=O)C1)C(C)(C)CN(C)C21C(=O)Nc2cc(Cl)cc(Cl)c21. The van der Waals surface area contributed by atoms with E-state index in [1.807, 2.05) is 11.9 Å². The average Bonchev–Trinajstić information content (AvgIpc) is 2.88. The lowest BCUT2D eigenvalue weighted by Gasteiger charge is -2.51. The van der Waals surface area contributed by atoms with E-state index < -0.39 is 11.0 Å². The van der Waals surface area contributed by atoms with Crippen LogP contribution < -0.4 is 5.32 Å². The van der Waals surface area contributed by atoms with E-state index in [0.717, 1.165) is 6.42 Å². The number of likely N-dealkylation sites (N-methyl/N-ethyl adjacent to an activating group) is 1. The molecule has 1 aliphatic carbocycles. The fourth-order valence-corrected chi connectivity index (χ4v) is 6.72. The highest BCUT2D eigenvalue weighted by Gasteiger charge is 2.76. The smallest absolute Gasteiger partial charge is 0.250 e. The molecule has 2 fully saturated rings. The first-order valence-corrected chi connectivity index (χ1v) is 9.89. The fraction of sp³-hybridized carbons (Fsp3) is 0.600. The Balaban J connectivity index is 2.07. The summed E-state index contributed by atoms with van der Waals surface area (Å²) in [5.41, 5.74) is -0.882. The van der Waals surface area contributed by atoms with E-state index in [1.54, 1.807) is 12.1 Å². The van der Waals surface area contributed by atoms with Gasteiger partial charge < -0.3 is 5.32 Å². The lowest BCUT2D eigenvalue weighted by Crippen LogP contribution is -2.62. The Kier molecular flexibility index (Phi) is 3.84. The summed E-state index contributed by atoms with van der Waals surface area (Å²) in [6.07, 6.45) is 2.13. The highest BCUT2D eigenvalue weighted by molar-refractivity contribution is 6.37. The van der Waals surface area contributed by atoms with Crippen LogP contribution in [0.4, 0.5) is 5.69 Å². The van der Waals surface area contributed by atoms with E-state index in [2.05, 4.69) is 26.1 Å². The molecule has 4 rings (SSSR count). The topological polar surface area (TPSA) is 49.4 Å². The van der Waals surface area contributed by atoms with Crippen molar-refractivity contribution in [3.63, 3.8) is 0 Å². The van der Waals surface area contributed by atoms with Crippen molar-refractivity contribution in [3.05, 3.63) is 27.7 Å². The molecule has 3 aliphatic rings. The molecule has 0 bridgehead atoms. The second-order valence-electron chi connectivity index (χ2n) is 8.89. The van der Waals surface area contributed by atoms with Gasteiger partial charge in [-0.05, 0) is 43.4 Å². The Bertz CT molecular complexity index is 837. The molecule has 140 valence electrons. The zero-order valence-electron chi connectivity index (χ0n) is 15.6. The van der Waals surface area contributed by atoms with Gasteiger partial charge in [0, 0.05) is 34.3 Å². The Morgan fingerprint density at radius 1 is 1.23 bits per heavy atom. The maximum atomic E-state index is 13.6. The molecular weight excluding hydrogens is 371 g/mol. The largest absolute Gasteiger partial charge is 0.324 e. The minimum Gasteiger partial charge on any atom is -0.324 e. The highest BCUT2D eigenvalue weighted by atomic mass is 35.5. The number of nitrogens with one attached hydrogen (secondary N) is 1. The third kappa shape index (κ3) is 1.91. The first-order valence-electron chi connectivity index (χ1n) is 9.13. The number of benzene rings is 1. The normalized spacial score (nSPS) is 36.0. The lowest BCUT2D eigenvalue weighted by molar-refractivity contribution is -0.154. The second-order valence-corrected chi connectivity index (χ2v) is 9.73. The number of likely N-dealkylation sites (tertiary alicyclic amines) is 1. The number of amides is 1. The second kappa shape index (κ2) is 5.46. The maximum Gasteiger partial charge on any atom is 0.250 e. The number of hydrogen-bond donors (Lipinski definition) is 1. The number of halogens is 2. The molecule has 2 heterocycles. The Morgan fingerprint density at radius 3 is 2.58 bits per heavy atom. The molecule has 1 aromatic carbocycles. The third-order valence-electron chi connectivity index (χ3n) is 6.99. The third-order valence-corrected chi connectivity index (χ3v) is 7.51. The number of anilines is 1. The summed E-state index contributed by atoms with van der Waals surface area (Å²) in [5.74, 6) is 0.365. The van der Waals surface area contributed by atoms with Crippen molar-refractivity contribution in [1.29, 1.82) is 0 Å². The van der Waals surface area contributed by atoms with Crippen LogP contribution in [0, 0.1) is 16.7 Å². The maximum absolute atomic E-state index is 13.6. The number of hydrogen-bond acceptors (Lipinski definition) is 3.